The average molecular weight is 347 g/mol. The number of nitro benzene ring substituents is 1. The summed E-state index contributed by atoms with van der Waals surface area (Å²) in [6.07, 6.45) is 2.15. The van der Waals surface area contributed by atoms with Crippen molar-refractivity contribution in [3.8, 4) is 11.4 Å². The quantitative estimate of drug-likeness (QED) is 0.467. The van der Waals surface area contributed by atoms with Gasteiger partial charge in [-0.2, -0.15) is 0 Å². The fraction of sp³-hybridized carbons (Fsp3) is 0.400. The van der Waals surface area contributed by atoms with Crippen molar-refractivity contribution in [1.82, 2.24) is 19.7 Å². The molecule has 1 aliphatic rings. The molecule has 24 heavy (non-hydrogen) atoms. The number of thioether (sulfide) groups is 1. The molecule has 1 amide bonds. The van der Waals surface area contributed by atoms with Crippen LogP contribution in [0.4, 0.5) is 5.69 Å². The van der Waals surface area contributed by atoms with Crippen LogP contribution in [0, 0.1) is 10.1 Å². The molecule has 1 aromatic carbocycles. The van der Waals surface area contributed by atoms with Gasteiger partial charge in [0.1, 0.15) is 0 Å². The number of nitro groups is 1. The molecule has 0 radical (unpaired) electrons. The number of non-ortho nitro benzene ring substituents is 1. The molecule has 1 aliphatic heterocycles. The van der Waals surface area contributed by atoms with Crippen LogP contribution in [0.5, 0.6) is 0 Å². The Morgan fingerprint density at radius 1 is 1.25 bits per heavy atom. The Labute approximate surface area is 143 Å². The van der Waals surface area contributed by atoms with E-state index in [1.54, 1.807) is 16.7 Å². The molecule has 8 nitrogen and oxygen atoms in total. The largest absolute Gasteiger partial charge is 0.342 e. The number of likely N-dealkylation sites (tertiary alicyclic amines) is 1. The van der Waals surface area contributed by atoms with Crippen LogP contribution in [0.15, 0.2) is 29.4 Å². The van der Waals surface area contributed by atoms with Gasteiger partial charge in [-0.15, -0.1) is 10.2 Å². The molecule has 2 heterocycles. The highest BCUT2D eigenvalue weighted by molar-refractivity contribution is 7.99. The topological polar surface area (TPSA) is 94.2 Å². The molecule has 0 saturated carbocycles. The summed E-state index contributed by atoms with van der Waals surface area (Å²) in [5, 5.41) is 19.6. The second-order valence-electron chi connectivity index (χ2n) is 5.55. The Balaban J connectivity index is 1.69. The van der Waals surface area contributed by atoms with Crippen molar-refractivity contribution < 1.29 is 9.72 Å². The molecule has 3 rings (SSSR count). The molecule has 1 saturated heterocycles. The molecule has 0 N–H and O–H groups in total. The fourth-order valence-corrected chi connectivity index (χ4v) is 3.42. The molecule has 9 heteroatoms. The van der Waals surface area contributed by atoms with Crippen LogP contribution in [0.1, 0.15) is 12.8 Å². The number of rotatable bonds is 5. The van der Waals surface area contributed by atoms with Gasteiger partial charge in [-0.05, 0) is 25.0 Å². The van der Waals surface area contributed by atoms with E-state index in [4.69, 9.17) is 0 Å². The van der Waals surface area contributed by atoms with Crippen molar-refractivity contribution in [2.45, 2.75) is 18.0 Å². The molecule has 0 aliphatic carbocycles. The third-order valence-electron chi connectivity index (χ3n) is 3.95. The Kier molecular flexibility index (Phi) is 4.79. The van der Waals surface area contributed by atoms with Crippen molar-refractivity contribution in [3.63, 3.8) is 0 Å². The number of hydrogen-bond acceptors (Lipinski definition) is 6. The van der Waals surface area contributed by atoms with Crippen LogP contribution >= 0.6 is 11.8 Å². The van der Waals surface area contributed by atoms with Crippen LogP contribution in [0.3, 0.4) is 0 Å². The van der Waals surface area contributed by atoms with Gasteiger partial charge in [0, 0.05) is 37.8 Å². The lowest BCUT2D eigenvalue weighted by Crippen LogP contribution is -2.29. The van der Waals surface area contributed by atoms with Crippen LogP contribution in [0.25, 0.3) is 11.4 Å². The van der Waals surface area contributed by atoms with Gasteiger partial charge in [0.2, 0.25) is 5.91 Å². The van der Waals surface area contributed by atoms with Crippen molar-refractivity contribution in [2.24, 2.45) is 7.05 Å². The number of carbonyl (C=O) groups excluding carboxylic acids is 1. The first-order chi connectivity index (χ1) is 11.6. The second-order valence-corrected chi connectivity index (χ2v) is 6.49. The van der Waals surface area contributed by atoms with E-state index in [0.29, 0.717) is 16.7 Å². The van der Waals surface area contributed by atoms with Gasteiger partial charge in [0.15, 0.2) is 11.0 Å². The molecule has 2 aromatic rings. The maximum atomic E-state index is 12.1. The second kappa shape index (κ2) is 7.00. The van der Waals surface area contributed by atoms with Crippen molar-refractivity contribution in [2.75, 3.05) is 18.8 Å². The van der Waals surface area contributed by atoms with E-state index in [1.807, 2.05) is 11.9 Å². The van der Waals surface area contributed by atoms with E-state index in [9.17, 15) is 14.9 Å². The molecule has 0 atom stereocenters. The normalized spacial score (nSPS) is 14.1. The first-order valence-corrected chi connectivity index (χ1v) is 8.59. The maximum Gasteiger partial charge on any atom is 0.269 e. The van der Waals surface area contributed by atoms with Gasteiger partial charge < -0.3 is 9.47 Å². The van der Waals surface area contributed by atoms with Crippen molar-refractivity contribution in [3.05, 3.63) is 34.4 Å². The Morgan fingerprint density at radius 2 is 1.92 bits per heavy atom. The third kappa shape index (κ3) is 3.40. The zero-order chi connectivity index (χ0) is 17.1. The van der Waals surface area contributed by atoms with Crippen molar-refractivity contribution >= 4 is 23.4 Å². The minimum Gasteiger partial charge on any atom is -0.342 e. The molecule has 1 aromatic heterocycles. The van der Waals surface area contributed by atoms with E-state index < -0.39 is 4.92 Å². The Hall–Kier alpha value is -2.42. The van der Waals surface area contributed by atoms with E-state index in [2.05, 4.69) is 10.2 Å². The van der Waals surface area contributed by atoms with Crippen molar-refractivity contribution in [1.29, 1.82) is 0 Å². The van der Waals surface area contributed by atoms with Crippen LogP contribution in [0.2, 0.25) is 0 Å². The Bertz CT molecular complexity index is 753. The third-order valence-corrected chi connectivity index (χ3v) is 4.96. The van der Waals surface area contributed by atoms with Gasteiger partial charge in [0.25, 0.3) is 5.69 Å². The monoisotopic (exact) mass is 347 g/mol. The average Bonchev–Trinajstić information content (AvgIpc) is 3.23. The highest BCUT2D eigenvalue weighted by Crippen LogP contribution is 2.24. The zero-order valence-electron chi connectivity index (χ0n) is 13.2. The Morgan fingerprint density at radius 3 is 2.54 bits per heavy atom. The van der Waals surface area contributed by atoms with Gasteiger partial charge >= 0.3 is 0 Å². The summed E-state index contributed by atoms with van der Waals surface area (Å²) >= 11 is 1.36. The predicted octanol–water partition coefficient (Wildman–Crippen LogP) is 2.10. The minimum absolute atomic E-state index is 0.0340. The SMILES string of the molecule is Cn1c(SCC(=O)N2CCCC2)nnc1-c1ccc([N+](=O)[O-])cc1. The summed E-state index contributed by atoms with van der Waals surface area (Å²) < 4.78 is 1.79. The highest BCUT2D eigenvalue weighted by Gasteiger charge is 2.19. The highest BCUT2D eigenvalue weighted by atomic mass is 32.2. The smallest absolute Gasteiger partial charge is 0.269 e. The summed E-state index contributed by atoms with van der Waals surface area (Å²) in [6.45, 7) is 1.68. The van der Waals surface area contributed by atoms with E-state index in [-0.39, 0.29) is 11.6 Å². The van der Waals surface area contributed by atoms with Crippen LogP contribution in [-0.2, 0) is 11.8 Å². The molecular weight excluding hydrogens is 330 g/mol. The number of benzene rings is 1. The van der Waals surface area contributed by atoms with Gasteiger partial charge in [-0.3, -0.25) is 14.9 Å². The summed E-state index contributed by atoms with van der Waals surface area (Å²) in [6, 6.07) is 6.17. The molecule has 0 bridgehead atoms. The molecule has 0 unspecified atom stereocenters. The number of amides is 1. The summed E-state index contributed by atoms with van der Waals surface area (Å²) in [4.78, 5) is 24.2. The number of hydrogen-bond donors (Lipinski definition) is 0. The lowest BCUT2D eigenvalue weighted by molar-refractivity contribution is -0.384. The molecule has 0 spiro atoms. The van der Waals surface area contributed by atoms with Gasteiger partial charge in [-0.25, -0.2) is 0 Å². The first-order valence-electron chi connectivity index (χ1n) is 7.61. The van der Waals surface area contributed by atoms with Crippen LogP contribution < -0.4 is 0 Å². The number of nitrogens with zero attached hydrogens (tertiary/aromatic N) is 5. The van der Waals surface area contributed by atoms with Crippen LogP contribution in [-0.4, -0.2) is 49.3 Å². The predicted molar refractivity (Wildman–Crippen MR) is 89.6 cm³/mol. The first kappa shape index (κ1) is 16.4. The zero-order valence-corrected chi connectivity index (χ0v) is 14.0. The molecular formula is C15H17N5O3S. The van der Waals surface area contributed by atoms with Gasteiger partial charge in [-0.1, -0.05) is 11.8 Å². The van der Waals surface area contributed by atoms with E-state index in [1.165, 1.54) is 23.9 Å². The summed E-state index contributed by atoms with van der Waals surface area (Å²) in [5.41, 5.74) is 0.778. The van der Waals surface area contributed by atoms with E-state index >= 15 is 0 Å². The lowest BCUT2D eigenvalue weighted by Gasteiger charge is -2.14. The summed E-state index contributed by atoms with van der Waals surface area (Å²) in [5.74, 6) is 1.07. The fourth-order valence-electron chi connectivity index (χ4n) is 2.61. The van der Waals surface area contributed by atoms with Gasteiger partial charge in [0.05, 0.1) is 10.7 Å². The lowest BCUT2D eigenvalue weighted by atomic mass is 10.2. The standard InChI is InChI=1S/C15H17N5O3S/c1-18-14(11-4-6-12(7-5-11)20(22)23)16-17-15(18)24-10-13(21)19-8-2-3-9-19/h4-7H,2-3,8-10H2,1H3. The van der Waals surface area contributed by atoms with E-state index in [0.717, 1.165) is 31.5 Å². The number of carbonyl (C=O) groups is 1. The molecule has 126 valence electrons. The summed E-state index contributed by atoms with van der Waals surface area (Å²) in [7, 11) is 1.82. The minimum atomic E-state index is -0.439. The molecule has 1 fully saturated rings. The number of aromatic nitrogens is 3. The maximum absolute atomic E-state index is 12.1.